The van der Waals surface area contributed by atoms with E-state index in [-0.39, 0.29) is 18.0 Å². The maximum absolute atomic E-state index is 12.2. The van der Waals surface area contributed by atoms with Crippen molar-refractivity contribution < 1.29 is 19.7 Å². The number of carbonyl (C=O) groups excluding carboxylic acids is 1. The Balaban J connectivity index is 2.42. The quantitative estimate of drug-likeness (QED) is 0.836. The first-order valence-electron chi connectivity index (χ1n) is 6.55. The largest absolute Gasteiger partial charge is 0.507 e. The first kappa shape index (κ1) is 12.9. The van der Waals surface area contributed by atoms with Crippen molar-refractivity contribution in [2.45, 2.75) is 25.9 Å². The number of aromatic hydroxyl groups is 1. The van der Waals surface area contributed by atoms with Gasteiger partial charge in [-0.1, -0.05) is 6.07 Å². The zero-order valence-electron chi connectivity index (χ0n) is 11.4. The maximum atomic E-state index is 12.2. The van der Waals surface area contributed by atoms with Crippen molar-refractivity contribution >= 4 is 16.6 Å². The smallest absolute Gasteiger partial charge is 0.169 e. The lowest BCUT2D eigenvalue weighted by atomic mass is 9.85. The van der Waals surface area contributed by atoms with Gasteiger partial charge in [0.1, 0.15) is 11.5 Å². The van der Waals surface area contributed by atoms with Gasteiger partial charge in [0.05, 0.1) is 24.2 Å². The summed E-state index contributed by atoms with van der Waals surface area (Å²) in [7, 11) is 1.49. The molecule has 2 aromatic carbocycles. The normalized spacial score (nSPS) is 18.1. The number of aryl methyl sites for hydroxylation is 1. The van der Waals surface area contributed by atoms with Crippen LogP contribution in [-0.4, -0.2) is 29.2 Å². The number of Topliss-reactive ketones (excluding diaryl/α,β-unsaturated/α-hetero) is 1. The molecule has 2 aromatic rings. The van der Waals surface area contributed by atoms with Crippen LogP contribution < -0.4 is 4.74 Å². The van der Waals surface area contributed by atoms with E-state index >= 15 is 0 Å². The van der Waals surface area contributed by atoms with E-state index in [4.69, 9.17) is 4.74 Å². The van der Waals surface area contributed by atoms with Gasteiger partial charge in [0.15, 0.2) is 5.78 Å². The van der Waals surface area contributed by atoms with E-state index in [1.165, 1.54) is 7.11 Å². The molecule has 0 fully saturated rings. The summed E-state index contributed by atoms with van der Waals surface area (Å²) in [6.45, 7) is 1.89. The van der Waals surface area contributed by atoms with Gasteiger partial charge in [-0.3, -0.25) is 4.79 Å². The third-order valence-corrected chi connectivity index (χ3v) is 3.76. The molecule has 0 aromatic heterocycles. The number of aliphatic hydroxyl groups is 1. The Morgan fingerprint density at radius 1 is 1.25 bits per heavy atom. The molecular formula is C16H16O4. The van der Waals surface area contributed by atoms with Gasteiger partial charge in [-0.05, 0) is 42.0 Å². The summed E-state index contributed by atoms with van der Waals surface area (Å²) in [5, 5.41) is 21.3. The van der Waals surface area contributed by atoms with Crippen molar-refractivity contribution in [3.8, 4) is 11.5 Å². The second-order valence-electron chi connectivity index (χ2n) is 5.31. The molecule has 3 rings (SSSR count). The van der Waals surface area contributed by atoms with E-state index in [0.29, 0.717) is 23.1 Å². The third-order valence-electron chi connectivity index (χ3n) is 3.76. The number of aliphatic hydroxyl groups excluding tert-OH is 1. The van der Waals surface area contributed by atoms with Crippen LogP contribution in [0.4, 0.5) is 0 Å². The molecule has 1 unspecified atom stereocenters. The maximum Gasteiger partial charge on any atom is 0.169 e. The highest BCUT2D eigenvalue weighted by Crippen LogP contribution is 2.41. The molecule has 0 saturated heterocycles. The number of benzene rings is 2. The fourth-order valence-corrected chi connectivity index (χ4v) is 3.00. The number of ketones is 1. The minimum atomic E-state index is -0.643. The summed E-state index contributed by atoms with van der Waals surface area (Å²) in [6, 6.07) is 5.45. The number of hydrogen-bond acceptors (Lipinski definition) is 4. The van der Waals surface area contributed by atoms with Crippen LogP contribution >= 0.6 is 0 Å². The van der Waals surface area contributed by atoms with Crippen molar-refractivity contribution in [2.24, 2.45) is 0 Å². The minimum Gasteiger partial charge on any atom is -0.507 e. The van der Waals surface area contributed by atoms with Gasteiger partial charge in [-0.15, -0.1) is 0 Å². The van der Waals surface area contributed by atoms with Crippen LogP contribution in [0.25, 0.3) is 10.8 Å². The Kier molecular flexibility index (Phi) is 2.91. The Morgan fingerprint density at radius 3 is 2.70 bits per heavy atom. The van der Waals surface area contributed by atoms with E-state index in [0.717, 1.165) is 16.5 Å². The van der Waals surface area contributed by atoms with Crippen molar-refractivity contribution in [2.75, 3.05) is 7.11 Å². The van der Waals surface area contributed by atoms with Crippen LogP contribution in [0.15, 0.2) is 18.2 Å². The van der Waals surface area contributed by atoms with E-state index in [9.17, 15) is 15.0 Å². The molecule has 1 aliphatic rings. The lowest BCUT2D eigenvalue weighted by Gasteiger charge is -2.23. The fraction of sp³-hybridized carbons (Fsp3) is 0.312. The van der Waals surface area contributed by atoms with Crippen LogP contribution in [-0.2, 0) is 6.42 Å². The minimum absolute atomic E-state index is 0.0987. The number of hydrogen-bond donors (Lipinski definition) is 2. The Hall–Kier alpha value is -2.07. The van der Waals surface area contributed by atoms with Crippen LogP contribution in [0.5, 0.6) is 11.5 Å². The van der Waals surface area contributed by atoms with Gasteiger partial charge in [0.25, 0.3) is 0 Å². The molecule has 2 N–H and O–H groups in total. The molecule has 0 spiro atoms. The molecule has 1 aliphatic carbocycles. The third kappa shape index (κ3) is 1.84. The van der Waals surface area contributed by atoms with Gasteiger partial charge in [0.2, 0.25) is 0 Å². The van der Waals surface area contributed by atoms with Gasteiger partial charge in [-0.25, -0.2) is 0 Å². The number of ether oxygens (including phenoxy) is 1. The van der Waals surface area contributed by atoms with Crippen molar-refractivity contribution in [1.82, 2.24) is 0 Å². The average molecular weight is 272 g/mol. The number of fused-ring (bicyclic) bond motifs is 2. The molecule has 104 valence electrons. The van der Waals surface area contributed by atoms with E-state index in [1.54, 1.807) is 6.07 Å². The Labute approximate surface area is 116 Å². The van der Waals surface area contributed by atoms with E-state index < -0.39 is 6.10 Å². The Morgan fingerprint density at radius 2 is 2.00 bits per heavy atom. The highest BCUT2D eigenvalue weighted by Gasteiger charge is 2.29. The summed E-state index contributed by atoms with van der Waals surface area (Å²) in [4.78, 5) is 12.2. The van der Waals surface area contributed by atoms with E-state index in [2.05, 4.69) is 0 Å². The SMILES string of the molecule is COc1c2c(cc3cc(C)cc(O)c13)CC(O)CC2=O. The lowest BCUT2D eigenvalue weighted by Crippen LogP contribution is -2.24. The fourth-order valence-electron chi connectivity index (χ4n) is 3.00. The van der Waals surface area contributed by atoms with Gasteiger partial charge in [0, 0.05) is 6.42 Å². The second kappa shape index (κ2) is 4.49. The standard InChI is InChI=1S/C16H16O4/c1-8-3-9-5-10-6-11(17)7-13(19)15(10)16(20-2)14(9)12(18)4-8/h3-5,11,17-18H,6-7H2,1-2H3. The Bertz CT molecular complexity index is 718. The summed E-state index contributed by atoms with van der Waals surface area (Å²) >= 11 is 0. The number of methoxy groups -OCH3 is 1. The predicted molar refractivity (Wildman–Crippen MR) is 75.6 cm³/mol. The van der Waals surface area contributed by atoms with Crippen LogP contribution in [0.2, 0.25) is 0 Å². The van der Waals surface area contributed by atoms with Crippen molar-refractivity contribution in [3.05, 3.63) is 34.9 Å². The average Bonchev–Trinajstić information content (AvgIpc) is 2.35. The van der Waals surface area contributed by atoms with Crippen molar-refractivity contribution in [1.29, 1.82) is 0 Å². The second-order valence-corrected chi connectivity index (χ2v) is 5.31. The molecule has 0 heterocycles. The summed E-state index contributed by atoms with van der Waals surface area (Å²) in [5.41, 5.74) is 2.20. The van der Waals surface area contributed by atoms with Gasteiger partial charge < -0.3 is 14.9 Å². The molecule has 4 nitrogen and oxygen atoms in total. The highest BCUT2D eigenvalue weighted by atomic mass is 16.5. The molecule has 0 saturated carbocycles. The molecule has 20 heavy (non-hydrogen) atoms. The molecular weight excluding hydrogens is 256 g/mol. The van der Waals surface area contributed by atoms with Crippen molar-refractivity contribution in [3.63, 3.8) is 0 Å². The number of phenols is 1. The monoisotopic (exact) mass is 272 g/mol. The van der Waals surface area contributed by atoms with Crippen LogP contribution in [0, 0.1) is 6.92 Å². The molecule has 0 aliphatic heterocycles. The number of rotatable bonds is 1. The highest BCUT2D eigenvalue weighted by molar-refractivity contribution is 6.09. The van der Waals surface area contributed by atoms with Gasteiger partial charge in [-0.2, -0.15) is 0 Å². The molecule has 1 atom stereocenters. The molecule has 0 radical (unpaired) electrons. The molecule has 0 amide bonds. The summed E-state index contributed by atoms with van der Waals surface area (Å²) in [6.07, 6.45) is -0.112. The molecule has 4 heteroatoms. The van der Waals surface area contributed by atoms with Crippen LogP contribution in [0.1, 0.15) is 27.9 Å². The molecule has 0 bridgehead atoms. The summed E-state index contributed by atoms with van der Waals surface area (Å²) < 4.78 is 5.39. The predicted octanol–water partition coefficient (Wildman–Crippen LogP) is 2.35. The lowest BCUT2D eigenvalue weighted by molar-refractivity contribution is 0.0850. The zero-order valence-corrected chi connectivity index (χ0v) is 11.4. The zero-order chi connectivity index (χ0) is 14.4. The summed E-state index contributed by atoms with van der Waals surface area (Å²) in [5.74, 6) is 0.378. The first-order chi connectivity index (χ1) is 9.51. The van der Waals surface area contributed by atoms with Gasteiger partial charge >= 0.3 is 0 Å². The van der Waals surface area contributed by atoms with E-state index in [1.807, 2.05) is 19.1 Å². The van der Waals surface area contributed by atoms with Crippen LogP contribution in [0.3, 0.4) is 0 Å². The number of carbonyl (C=O) groups is 1. The first-order valence-corrected chi connectivity index (χ1v) is 6.55. The topological polar surface area (TPSA) is 66.8 Å². The number of phenolic OH excluding ortho intramolecular Hbond substituents is 1.